The summed E-state index contributed by atoms with van der Waals surface area (Å²) in [6.45, 7) is 0.316. The molecule has 0 saturated heterocycles. The van der Waals surface area contributed by atoms with Crippen molar-refractivity contribution in [1.82, 2.24) is 0 Å². The fraction of sp³-hybridized carbons (Fsp3) is 0.250. The van der Waals surface area contributed by atoms with Gasteiger partial charge in [0.15, 0.2) is 16.9 Å². The van der Waals surface area contributed by atoms with Crippen molar-refractivity contribution in [2.45, 2.75) is 12.7 Å². The Morgan fingerprint density at radius 1 is 1.10 bits per heavy atom. The minimum absolute atomic E-state index is 0.111. The van der Waals surface area contributed by atoms with E-state index in [9.17, 15) is 28.1 Å². The first-order valence-electron chi connectivity index (χ1n) is 8.80. The lowest BCUT2D eigenvalue weighted by atomic mass is 10.1. The number of nitro groups is 1. The Kier molecular flexibility index (Phi) is 6.07. The predicted octanol–water partition coefficient (Wildman–Crippen LogP) is 4.84. The Morgan fingerprint density at radius 3 is 2.35 bits per heavy atom. The van der Waals surface area contributed by atoms with Crippen LogP contribution in [0.5, 0.6) is 11.5 Å². The predicted molar refractivity (Wildman–Crippen MR) is 111 cm³/mol. The molecule has 0 aliphatic carbocycles. The third-order valence-electron chi connectivity index (χ3n) is 4.56. The van der Waals surface area contributed by atoms with Gasteiger partial charge in [-0.05, 0) is 23.8 Å². The number of nitrogens with zero attached hydrogens (tertiary/aromatic N) is 2. The van der Waals surface area contributed by atoms with E-state index in [-0.39, 0.29) is 10.1 Å². The van der Waals surface area contributed by atoms with Crippen LogP contribution in [0, 0.1) is 10.1 Å². The Hall–Kier alpha value is -3.34. The van der Waals surface area contributed by atoms with E-state index < -0.39 is 27.8 Å². The lowest BCUT2D eigenvalue weighted by molar-refractivity contribution is -0.383. The summed E-state index contributed by atoms with van der Waals surface area (Å²) in [6.07, 6.45) is -4.81. The van der Waals surface area contributed by atoms with Crippen LogP contribution < -0.4 is 19.8 Å². The number of nitro benzene ring substituents is 1. The van der Waals surface area contributed by atoms with Gasteiger partial charge in [0.2, 0.25) is 0 Å². The molecule has 0 atom stereocenters. The van der Waals surface area contributed by atoms with E-state index >= 15 is 0 Å². The van der Waals surface area contributed by atoms with Crippen molar-refractivity contribution >= 4 is 32.1 Å². The maximum atomic E-state index is 13.1. The molecular formula is C20H17F3N2O5S. The molecule has 0 fully saturated rings. The van der Waals surface area contributed by atoms with Crippen LogP contribution in [-0.4, -0.2) is 26.2 Å². The van der Waals surface area contributed by atoms with E-state index in [0.717, 1.165) is 16.9 Å². The summed E-state index contributed by atoms with van der Waals surface area (Å²) >= 11 is 0.881. The van der Waals surface area contributed by atoms with Crippen LogP contribution in [0.15, 0.2) is 41.2 Å². The van der Waals surface area contributed by atoms with Gasteiger partial charge in [-0.15, -0.1) is 11.3 Å². The zero-order valence-corrected chi connectivity index (χ0v) is 17.5. The molecule has 7 nitrogen and oxygen atoms in total. The number of anilines is 1. The van der Waals surface area contributed by atoms with E-state index in [1.54, 1.807) is 30.1 Å². The third-order valence-corrected chi connectivity index (χ3v) is 5.84. The summed E-state index contributed by atoms with van der Waals surface area (Å²) < 4.78 is 49.7. The van der Waals surface area contributed by atoms with Crippen molar-refractivity contribution in [3.8, 4) is 11.5 Å². The number of halogens is 3. The number of benzene rings is 2. The van der Waals surface area contributed by atoms with E-state index in [0.29, 0.717) is 35.2 Å². The van der Waals surface area contributed by atoms with Gasteiger partial charge in [-0.3, -0.25) is 14.9 Å². The molecule has 0 spiro atoms. The molecule has 2 aromatic carbocycles. The van der Waals surface area contributed by atoms with Crippen LogP contribution in [0.25, 0.3) is 10.1 Å². The van der Waals surface area contributed by atoms with Gasteiger partial charge in [-0.25, -0.2) is 0 Å². The minimum Gasteiger partial charge on any atom is -0.493 e. The summed E-state index contributed by atoms with van der Waals surface area (Å²) in [5, 5.41) is 11.4. The van der Waals surface area contributed by atoms with Gasteiger partial charge in [0.25, 0.3) is 5.69 Å². The van der Waals surface area contributed by atoms with Gasteiger partial charge in [0.05, 0.1) is 29.7 Å². The Bertz CT molecular complexity index is 1210. The molecule has 0 bridgehead atoms. The van der Waals surface area contributed by atoms with Gasteiger partial charge in [0, 0.05) is 31.1 Å². The standard InChI is InChI=1S/C20H17F3N2O5S/c1-24(10-11-4-5-16(29-2)17(6-11)30-3)18-9-15(26)13-7-12(20(21,22)23)8-14(25(27)28)19(13)31-18/h4-9H,10H2,1-3H3. The third kappa shape index (κ3) is 4.55. The molecule has 1 aromatic heterocycles. The van der Waals surface area contributed by atoms with E-state index in [1.165, 1.54) is 20.3 Å². The average molecular weight is 454 g/mol. The highest BCUT2D eigenvalue weighted by molar-refractivity contribution is 7.22. The maximum Gasteiger partial charge on any atom is 0.416 e. The first-order valence-corrected chi connectivity index (χ1v) is 9.62. The first kappa shape index (κ1) is 22.3. The number of hydrogen-bond acceptors (Lipinski definition) is 7. The van der Waals surface area contributed by atoms with Gasteiger partial charge >= 0.3 is 6.18 Å². The van der Waals surface area contributed by atoms with Crippen LogP contribution in [0.1, 0.15) is 11.1 Å². The maximum absolute atomic E-state index is 13.1. The van der Waals surface area contributed by atoms with Crippen LogP contribution >= 0.6 is 11.3 Å². The largest absolute Gasteiger partial charge is 0.493 e. The smallest absolute Gasteiger partial charge is 0.416 e. The number of non-ortho nitro benzene ring substituents is 1. The van der Waals surface area contributed by atoms with Crippen molar-refractivity contribution in [3.63, 3.8) is 0 Å². The lowest BCUT2D eigenvalue weighted by Crippen LogP contribution is -2.17. The Morgan fingerprint density at radius 2 is 1.77 bits per heavy atom. The molecule has 0 aliphatic heterocycles. The van der Waals surface area contributed by atoms with Gasteiger partial charge in [-0.1, -0.05) is 6.07 Å². The molecule has 164 valence electrons. The van der Waals surface area contributed by atoms with Crippen molar-refractivity contribution in [2.75, 3.05) is 26.2 Å². The molecule has 0 saturated carbocycles. The van der Waals surface area contributed by atoms with Crippen LogP contribution in [-0.2, 0) is 12.7 Å². The van der Waals surface area contributed by atoms with Crippen molar-refractivity contribution in [1.29, 1.82) is 0 Å². The molecule has 3 aromatic rings. The number of hydrogen-bond donors (Lipinski definition) is 0. The highest BCUT2D eigenvalue weighted by atomic mass is 32.1. The zero-order valence-electron chi connectivity index (χ0n) is 16.6. The molecule has 0 amide bonds. The number of methoxy groups -OCH3 is 2. The second-order valence-electron chi connectivity index (χ2n) is 6.62. The summed E-state index contributed by atoms with van der Waals surface area (Å²) in [5.74, 6) is 1.05. The molecule has 0 radical (unpaired) electrons. The van der Waals surface area contributed by atoms with Crippen LogP contribution in [0.4, 0.5) is 23.9 Å². The molecule has 0 aliphatic rings. The highest BCUT2D eigenvalue weighted by Gasteiger charge is 2.34. The molecular weight excluding hydrogens is 437 g/mol. The fourth-order valence-corrected chi connectivity index (χ4v) is 4.15. The van der Waals surface area contributed by atoms with Crippen molar-refractivity contribution in [3.05, 3.63) is 67.9 Å². The monoisotopic (exact) mass is 454 g/mol. The first-order chi connectivity index (χ1) is 14.5. The van der Waals surface area contributed by atoms with E-state index in [4.69, 9.17) is 9.47 Å². The number of fused-ring (bicyclic) bond motifs is 1. The second kappa shape index (κ2) is 8.42. The van der Waals surface area contributed by atoms with Gasteiger partial charge < -0.3 is 14.4 Å². The molecule has 0 unspecified atom stereocenters. The molecule has 31 heavy (non-hydrogen) atoms. The van der Waals surface area contributed by atoms with E-state index in [2.05, 4.69) is 0 Å². The van der Waals surface area contributed by atoms with Crippen molar-refractivity contribution in [2.24, 2.45) is 0 Å². The average Bonchev–Trinajstić information content (AvgIpc) is 2.71. The second-order valence-corrected chi connectivity index (χ2v) is 7.65. The van der Waals surface area contributed by atoms with Crippen LogP contribution in [0.3, 0.4) is 0 Å². The fourth-order valence-electron chi connectivity index (χ4n) is 3.05. The Labute approximate surface area is 178 Å². The summed E-state index contributed by atoms with van der Waals surface area (Å²) in [7, 11) is 4.67. The normalized spacial score (nSPS) is 11.4. The highest BCUT2D eigenvalue weighted by Crippen LogP contribution is 2.39. The quantitative estimate of drug-likeness (QED) is 0.392. The molecule has 3 rings (SSSR count). The minimum atomic E-state index is -4.81. The molecule has 0 N–H and O–H groups in total. The molecule has 11 heteroatoms. The van der Waals surface area contributed by atoms with Crippen molar-refractivity contribution < 1.29 is 27.6 Å². The number of alkyl halides is 3. The summed E-state index contributed by atoms with van der Waals surface area (Å²) in [4.78, 5) is 24.7. The Balaban J connectivity index is 2.06. The summed E-state index contributed by atoms with van der Waals surface area (Å²) in [5.41, 5.74) is -1.91. The van der Waals surface area contributed by atoms with Gasteiger partial charge in [-0.2, -0.15) is 13.2 Å². The topological polar surface area (TPSA) is 81.9 Å². The number of ether oxygens (including phenoxy) is 2. The lowest BCUT2D eigenvalue weighted by Gasteiger charge is -2.20. The van der Waals surface area contributed by atoms with E-state index in [1.807, 2.05) is 0 Å². The number of rotatable bonds is 6. The zero-order chi connectivity index (χ0) is 22.9. The summed E-state index contributed by atoms with van der Waals surface area (Å²) in [6, 6.07) is 7.54. The van der Waals surface area contributed by atoms with Gasteiger partial charge in [0.1, 0.15) is 4.70 Å². The SMILES string of the molecule is COc1ccc(CN(C)c2cc(=O)c3cc(C(F)(F)F)cc([N+](=O)[O-])c3s2)cc1OC. The molecule has 1 heterocycles. The van der Waals surface area contributed by atoms with Crippen LogP contribution in [0.2, 0.25) is 0 Å².